The van der Waals surface area contributed by atoms with E-state index in [1.165, 1.54) is 18.2 Å². The third-order valence-corrected chi connectivity index (χ3v) is 1.92. The zero-order chi connectivity index (χ0) is 12.1. The number of allylic oxidation sites excluding steroid dienone is 7. The standard InChI is InChI=1S/C11H14.C2H6.CH5N/c1-3-10(4-2)11-8-6-5-7-9-11;2*1-2/h3,5-8H,1,4,9H2,2H3;1-2H3;2H2,1H3/b11-10+;;. The van der Waals surface area contributed by atoms with Crippen LogP contribution in [0.1, 0.15) is 33.6 Å². The molecule has 0 saturated carbocycles. The van der Waals surface area contributed by atoms with Gasteiger partial charge in [0.15, 0.2) is 0 Å². The molecule has 0 bridgehead atoms. The molecule has 1 nitrogen and oxygen atoms in total. The lowest BCUT2D eigenvalue weighted by Gasteiger charge is -2.06. The Morgan fingerprint density at radius 2 is 2.00 bits per heavy atom. The van der Waals surface area contributed by atoms with E-state index in [2.05, 4.69) is 43.5 Å². The molecule has 0 aromatic heterocycles. The Morgan fingerprint density at radius 1 is 1.40 bits per heavy atom. The zero-order valence-corrected chi connectivity index (χ0v) is 10.6. The maximum atomic E-state index is 4.50. The van der Waals surface area contributed by atoms with Crippen LogP contribution in [0.15, 0.2) is 48.1 Å². The van der Waals surface area contributed by atoms with Crippen LogP contribution in [-0.4, -0.2) is 7.05 Å². The van der Waals surface area contributed by atoms with E-state index in [9.17, 15) is 0 Å². The first-order valence-electron chi connectivity index (χ1n) is 5.64. The van der Waals surface area contributed by atoms with Crippen LogP contribution in [-0.2, 0) is 0 Å². The van der Waals surface area contributed by atoms with E-state index < -0.39 is 0 Å². The van der Waals surface area contributed by atoms with Gasteiger partial charge in [0.25, 0.3) is 0 Å². The van der Waals surface area contributed by atoms with Crippen LogP contribution < -0.4 is 5.73 Å². The molecule has 1 rings (SSSR count). The molecule has 0 fully saturated rings. The minimum Gasteiger partial charge on any atom is -0.333 e. The first-order chi connectivity index (χ1) is 7.38. The molecule has 0 heterocycles. The van der Waals surface area contributed by atoms with Crippen LogP contribution in [0.2, 0.25) is 0 Å². The first-order valence-corrected chi connectivity index (χ1v) is 5.64. The van der Waals surface area contributed by atoms with Crippen molar-refractivity contribution in [2.24, 2.45) is 5.73 Å². The van der Waals surface area contributed by atoms with E-state index in [0.717, 1.165) is 12.8 Å². The summed E-state index contributed by atoms with van der Waals surface area (Å²) in [6.07, 6.45) is 12.6. The summed E-state index contributed by atoms with van der Waals surface area (Å²) in [6, 6.07) is 0. The third kappa shape index (κ3) is 6.92. The molecule has 0 radical (unpaired) electrons. The van der Waals surface area contributed by atoms with Gasteiger partial charge in [-0.15, -0.1) is 0 Å². The van der Waals surface area contributed by atoms with Gasteiger partial charge < -0.3 is 5.73 Å². The molecule has 0 amide bonds. The van der Waals surface area contributed by atoms with Gasteiger partial charge in [0.2, 0.25) is 0 Å². The number of rotatable bonds is 2. The Labute approximate surface area is 95.1 Å². The van der Waals surface area contributed by atoms with Crippen LogP contribution in [0.5, 0.6) is 0 Å². The summed E-state index contributed by atoms with van der Waals surface area (Å²) in [5.41, 5.74) is 7.27. The van der Waals surface area contributed by atoms with Gasteiger partial charge in [0.1, 0.15) is 0 Å². The molecule has 0 atom stereocenters. The van der Waals surface area contributed by atoms with Gasteiger partial charge in [0.05, 0.1) is 0 Å². The maximum Gasteiger partial charge on any atom is -0.00916 e. The van der Waals surface area contributed by atoms with E-state index in [-0.39, 0.29) is 0 Å². The third-order valence-electron chi connectivity index (χ3n) is 1.92. The number of hydrogen-bond donors (Lipinski definition) is 1. The topological polar surface area (TPSA) is 26.0 Å². The smallest absolute Gasteiger partial charge is 0.00916 e. The summed E-state index contributed by atoms with van der Waals surface area (Å²) >= 11 is 0. The maximum absolute atomic E-state index is 4.50. The van der Waals surface area contributed by atoms with Crippen molar-refractivity contribution in [3.63, 3.8) is 0 Å². The van der Waals surface area contributed by atoms with E-state index in [1.54, 1.807) is 0 Å². The molecule has 0 aromatic rings. The van der Waals surface area contributed by atoms with Gasteiger partial charge in [-0.2, -0.15) is 0 Å². The minimum absolute atomic E-state index is 1.06. The van der Waals surface area contributed by atoms with Crippen LogP contribution >= 0.6 is 0 Å². The fraction of sp³-hybridized carbons (Fsp3) is 0.429. The Balaban J connectivity index is 0. The van der Waals surface area contributed by atoms with E-state index in [4.69, 9.17) is 0 Å². The summed E-state index contributed by atoms with van der Waals surface area (Å²) in [5, 5.41) is 0. The molecule has 1 heteroatoms. The van der Waals surface area contributed by atoms with E-state index in [1.807, 2.05) is 19.9 Å². The normalized spacial score (nSPS) is 15.5. The lowest BCUT2D eigenvalue weighted by Crippen LogP contribution is -1.86. The van der Waals surface area contributed by atoms with Gasteiger partial charge in [-0.25, -0.2) is 0 Å². The quantitative estimate of drug-likeness (QED) is 0.728. The number of nitrogens with two attached hydrogens (primary N) is 1. The van der Waals surface area contributed by atoms with Crippen molar-refractivity contribution in [1.82, 2.24) is 0 Å². The predicted octanol–water partition coefficient (Wildman–Crippen LogP) is 4.00. The monoisotopic (exact) mass is 207 g/mol. The molecule has 15 heavy (non-hydrogen) atoms. The minimum atomic E-state index is 1.06. The summed E-state index contributed by atoms with van der Waals surface area (Å²) in [6.45, 7) is 9.95. The Bertz CT molecular complexity index is 232. The Kier molecular flexibility index (Phi) is 14.1. The fourth-order valence-corrected chi connectivity index (χ4v) is 1.25. The first kappa shape index (κ1) is 16.4. The van der Waals surface area contributed by atoms with Crippen LogP contribution in [0, 0.1) is 0 Å². The summed E-state index contributed by atoms with van der Waals surface area (Å²) in [5.74, 6) is 0. The molecule has 2 N–H and O–H groups in total. The van der Waals surface area contributed by atoms with Crippen molar-refractivity contribution in [2.75, 3.05) is 7.05 Å². The van der Waals surface area contributed by atoms with Crippen LogP contribution in [0.4, 0.5) is 0 Å². The Morgan fingerprint density at radius 3 is 2.33 bits per heavy atom. The molecule has 0 unspecified atom stereocenters. The van der Waals surface area contributed by atoms with Crippen molar-refractivity contribution >= 4 is 0 Å². The lowest BCUT2D eigenvalue weighted by atomic mass is 10.00. The zero-order valence-electron chi connectivity index (χ0n) is 10.6. The molecule has 0 aliphatic heterocycles. The summed E-state index contributed by atoms with van der Waals surface area (Å²) < 4.78 is 0. The highest BCUT2D eigenvalue weighted by Gasteiger charge is 1.98. The fourth-order valence-electron chi connectivity index (χ4n) is 1.25. The lowest BCUT2D eigenvalue weighted by molar-refractivity contribution is 1.09. The van der Waals surface area contributed by atoms with E-state index >= 15 is 0 Å². The molecule has 1 aliphatic rings. The predicted molar refractivity (Wildman–Crippen MR) is 71.9 cm³/mol. The second-order valence-electron chi connectivity index (χ2n) is 2.60. The molecule has 0 saturated heterocycles. The van der Waals surface area contributed by atoms with Crippen LogP contribution in [0.25, 0.3) is 0 Å². The highest BCUT2D eigenvalue weighted by Crippen LogP contribution is 2.18. The van der Waals surface area contributed by atoms with Gasteiger partial charge in [0, 0.05) is 0 Å². The van der Waals surface area contributed by atoms with Crippen molar-refractivity contribution in [1.29, 1.82) is 0 Å². The van der Waals surface area contributed by atoms with Gasteiger partial charge in [-0.05, 0) is 31.0 Å². The highest BCUT2D eigenvalue weighted by molar-refractivity contribution is 5.37. The van der Waals surface area contributed by atoms with Crippen LogP contribution in [0.3, 0.4) is 0 Å². The summed E-state index contributed by atoms with van der Waals surface area (Å²) in [4.78, 5) is 0. The van der Waals surface area contributed by atoms with Crippen molar-refractivity contribution < 1.29 is 0 Å². The number of hydrogen-bond acceptors (Lipinski definition) is 1. The SMILES string of the molecule is C=C/C(CC)=C1/C=CC=CC1.CC.CN. The molecular weight excluding hydrogens is 182 g/mol. The van der Waals surface area contributed by atoms with Gasteiger partial charge >= 0.3 is 0 Å². The molecular formula is C14H25N. The second-order valence-corrected chi connectivity index (χ2v) is 2.60. The average Bonchev–Trinajstić information content (AvgIpc) is 2.37. The van der Waals surface area contributed by atoms with Crippen molar-refractivity contribution in [3.05, 3.63) is 48.1 Å². The average molecular weight is 207 g/mol. The highest BCUT2D eigenvalue weighted by atomic mass is 14.4. The van der Waals surface area contributed by atoms with Gasteiger partial charge in [-0.1, -0.05) is 57.7 Å². The van der Waals surface area contributed by atoms with Gasteiger partial charge in [-0.3, -0.25) is 0 Å². The molecule has 86 valence electrons. The summed E-state index contributed by atoms with van der Waals surface area (Å²) in [7, 11) is 1.50. The molecule has 0 aromatic carbocycles. The molecule has 0 spiro atoms. The molecule has 1 aliphatic carbocycles. The largest absolute Gasteiger partial charge is 0.333 e. The van der Waals surface area contributed by atoms with Crippen molar-refractivity contribution in [3.8, 4) is 0 Å². The van der Waals surface area contributed by atoms with E-state index in [0.29, 0.717) is 0 Å². The van der Waals surface area contributed by atoms with Crippen molar-refractivity contribution in [2.45, 2.75) is 33.6 Å². The second kappa shape index (κ2) is 12.9. The Hall–Kier alpha value is -1.08.